The molecule has 1 spiro atoms. The average molecular weight is 406 g/mol. The van der Waals surface area contributed by atoms with E-state index in [9.17, 15) is 13.2 Å². The molecule has 3 aliphatic rings. The van der Waals surface area contributed by atoms with Crippen LogP contribution in [0.15, 0.2) is 30.3 Å². The molecule has 1 aliphatic carbocycles. The van der Waals surface area contributed by atoms with E-state index in [0.717, 1.165) is 38.8 Å². The summed E-state index contributed by atoms with van der Waals surface area (Å²) < 4.78 is 26.0. The highest BCUT2D eigenvalue weighted by Crippen LogP contribution is 2.48. The van der Waals surface area contributed by atoms with E-state index in [1.54, 1.807) is 4.31 Å². The Hall–Kier alpha value is -1.60. The Bertz CT molecular complexity index is 797. The molecule has 28 heavy (non-hydrogen) atoms. The molecule has 154 valence electrons. The van der Waals surface area contributed by atoms with Crippen LogP contribution in [0.4, 0.5) is 5.69 Å². The Morgan fingerprint density at radius 3 is 2.25 bits per heavy atom. The second kappa shape index (κ2) is 7.67. The minimum atomic E-state index is -3.27. The molecule has 2 aliphatic heterocycles. The van der Waals surface area contributed by atoms with Gasteiger partial charge in [-0.2, -0.15) is 0 Å². The highest BCUT2D eigenvalue weighted by atomic mass is 32.2. The minimum Gasteiger partial charge on any atom is -0.368 e. The second-order valence-electron chi connectivity index (χ2n) is 8.68. The predicted molar refractivity (Wildman–Crippen MR) is 111 cm³/mol. The third-order valence-electron chi connectivity index (χ3n) is 6.95. The molecule has 0 radical (unpaired) electrons. The monoisotopic (exact) mass is 405 g/mol. The van der Waals surface area contributed by atoms with Crippen molar-refractivity contribution in [2.24, 2.45) is 11.3 Å². The number of benzene rings is 1. The van der Waals surface area contributed by atoms with Gasteiger partial charge in [-0.3, -0.25) is 4.79 Å². The number of sulfonamides is 1. The van der Waals surface area contributed by atoms with Crippen molar-refractivity contribution in [2.45, 2.75) is 32.1 Å². The maximum Gasteiger partial charge on any atom is 0.227 e. The Labute approximate surface area is 168 Å². The van der Waals surface area contributed by atoms with E-state index in [0.29, 0.717) is 26.2 Å². The molecule has 0 bridgehead atoms. The molecule has 1 amide bonds. The van der Waals surface area contributed by atoms with Crippen LogP contribution in [0.3, 0.4) is 0 Å². The molecule has 7 heteroatoms. The van der Waals surface area contributed by atoms with Gasteiger partial charge in [0, 0.05) is 45.0 Å². The number of para-hydroxylation sites is 1. The van der Waals surface area contributed by atoms with Crippen LogP contribution in [0, 0.1) is 11.3 Å². The number of hydrogen-bond donors (Lipinski definition) is 0. The number of carbonyl (C=O) groups is 1. The van der Waals surface area contributed by atoms with E-state index in [4.69, 9.17) is 0 Å². The Morgan fingerprint density at radius 1 is 1.00 bits per heavy atom. The molecule has 0 aromatic heterocycles. The number of anilines is 1. The summed E-state index contributed by atoms with van der Waals surface area (Å²) in [4.78, 5) is 17.8. The zero-order valence-corrected chi connectivity index (χ0v) is 17.5. The Balaban J connectivity index is 1.47. The Kier molecular flexibility index (Phi) is 5.40. The molecular weight excluding hydrogens is 374 g/mol. The van der Waals surface area contributed by atoms with Gasteiger partial charge in [-0.1, -0.05) is 37.5 Å². The van der Waals surface area contributed by atoms with Crippen molar-refractivity contribution in [1.29, 1.82) is 0 Å². The first-order chi connectivity index (χ1) is 13.4. The van der Waals surface area contributed by atoms with Crippen molar-refractivity contribution in [2.75, 3.05) is 50.4 Å². The number of piperazine rings is 1. The van der Waals surface area contributed by atoms with Crippen LogP contribution in [0.25, 0.3) is 0 Å². The molecule has 3 fully saturated rings. The van der Waals surface area contributed by atoms with Gasteiger partial charge in [0.05, 0.1) is 12.2 Å². The van der Waals surface area contributed by atoms with E-state index >= 15 is 0 Å². The molecule has 0 N–H and O–H groups in total. The van der Waals surface area contributed by atoms with Crippen molar-refractivity contribution in [3.63, 3.8) is 0 Å². The summed E-state index contributed by atoms with van der Waals surface area (Å²) in [5, 5.41) is 0. The highest BCUT2D eigenvalue weighted by Gasteiger charge is 2.53. The smallest absolute Gasteiger partial charge is 0.227 e. The summed E-state index contributed by atoms with van der Waals surface area (Å²) in [5.74, 6) is -0.0217. The number of carbonyl (C=O) groups excluding carboxylic acids is 1. The van der Waals surface area contributed by atoms with E-state index < -0.39 is 10.0 Å². The van der Waals surface area contributed by atoms with Crippen LogP contribution in [0.2, 0.25) is 0 Å². The van der Waals surface area contributed by atoms with Gasteiger partial charge in [-0.05, 0) is 30.4 Å². The molecule has 1 atom stereocenters. The largest absolute Gasteiger partial charge is 0.368 e. The number of rotatable bonds is 3. The van der Waals surface area contributed by atoms with Crippen molar-refractivity contribution >= 4 is 21.6 Å². The van der Waals surface area contributed by atoms with Gasteiger partial charge in [0.2, 0.25) is 15.9 Å². The molecule has 1 unspecified atom stereocenters. The predicted octanol–water partition coefficient (Wildman–Crippen LogP) is 2.18. The number of nitrogens with zero attached hydrogens (tertiary/aromatic N) is 3. The molecule has 1 aromatic carbocycles. The standard InChI is InChI=1S/C21H31N3O3S/c1-28(26,27)24-16-19(21(17-24)10-6-3-7-11-21)20(25)23-14-12-22(13-15-23)18-8-4-2-5-9-18/h2,4-5,8-9,19H,3,6-7,10-17H2,1H3. The summed E-state index contributed by atoms with van der Waals surface area (Å²) >= 11 is 0. The first-order valence-corrected chi connectivity index (χ1v) is 12.3. The van der Waals surface area contributed by atoms with Crippen molar-refractivity contribution in [1.82, 2.24) is 9.21 Å². The van der Waals surface area contributed by atoms with Crippen LogP contribution in [0.5, 0.6) is 0 Å². The van der Waals surface area contributed by atoms with Crippen LogP contribution < -0.4 is 4.90 Å². The minimum absolute atomic E-state index is 0.158. The molecule has 2 heterocycles. The fraction of sp³-hybridized carbons (Fsp3) is 0.667. The van der Waals surface area contributed by atoms with Gasteiger partial charge in [-0.15, -0.1) is 0 Å². The molecular formula is C21H31N3O3S. The molecule has 1 saturated carbocycles. The normalized spacial score (nSPS) is 26.0. The molecule has 4 rings (SSSR count). The number of amides is 1. The maximum absolute atomic E-state index is 13.5. The van der Waals surface area contributed by atoms with Crippen LogP contribution in [0.1, 0.15) is 32.1 Å². The van der Waals surface area contributed by atoms with Gasteiger partial charge < -0.3 is 9.80 Å². The number of hydrogen-bond acceptors (Lipinski definition) is 4. The lowest BCUT2D eigenvalue weighted by molar-refractivity contribution is -0.139. The zero-order valence-electron chi connectivity index (χ0n) is 16.7. The van der Waals surface area contributed by atoms with Gasteiger partial charge in [0.1, 0.15) is 0 Å². The first-order valence-electron chi connectivity index (χ1n) is 10.4. The van der Waals surface area contributed by atoms with Crippen LogP contribution >= 0.6 is 0 Å². The fourth-order valence-electron chi connectivity index (χ4n) is 5.32. The van der Waals surface area contributed by atoms with Crippen LogP contribution in [-0.4, -0.2) is 69.1 Å². The first kappa shape index (κ1) is 19.7. The van der Waals surface area contributed by atoms with Gasteiger partial charge >= 0.3 is 0 Å². The van der Waals surface area contributed by atoms with E-state index in [2.05, 4.69) is 17.0 Å². The average Bonchev–Trinajstić information content (AvgIpc) is 3.08. The fourth-order valence-corrected chi connectivity index (χ4v) is 6.23. The summed E-state index contributed by atoms with van der Waals surface area (Å²) in [7, 11) is -3.27. The second-order valence-corrected chi connectivity index (χ2v) is 10.7. The summed E-state index contributed by atoms with van der Waals surface area (Å²) in [6.07, 6.45) is 6.61. The lowest BCUT2D eigenvalue weighted by atomic mass is 9.67. The maximum atomic E-state index is 13.5. The quantitative estimate of drug-likeness (QED) is 0.773. The van der Waals surface area contributed by atoms with Crippen molar-refractivity contribution < 1.29 is 13.2 Å². The van der Waals surface area contributed by atoms with Crippen molar-refractivity contribution in [3.8, 4) is 0 Å². The summed E-state index contributed by atoms with van der Waals surface area (Å²) in [6.45, 7) is 3.94. The molecule has 2 saturated heterocycles. The van der Waals surface area contributed by atoms with Gasteiger partial charge in [0.15, 0.2) is 0 Å². The summed E-state index contributed by atoms with van der Waals surface area (Å²) in [5.41, 5.74) is 1.04. The van der Waals surface area contributed by atoms with Gasteiger partial charge in [0.25, 0.3) is 0 Å². The lowest BCUT2D eigenvalue weighted by Gasteiger charge is -2.42. The highest BCUT2D eigenvalue weighted by molar-refractivity contribution is 7.88. The third-order valence-corrected chi connectivity index (χ3v) is 8.16. The topological polar surface area (TPSA) is 60.9 Å². The van der Waals surface area contributed by atoms with Crippen LogP contribution in [-0.2, 0) is 14.8 Å². The van der Waals surface area contributed by atoms with E-state index in [1.807, 2.05) is 23.1 Å². The molecule has 1 aromatic rings. The summed E-state index contributed by atoms with van der Waals surface area (Å²) in [6, 6.07) is 10.3. The Morgan fingerprint density at radius 2 is 1.64 bits per heavy atom. The van der Waals surface area contributed by atoms with Crippen molar-refractivity contribution in [3.05, 3.63) is 30.3 Å². The van der Waals surface area contributed by atoms with E-state index in [1.165, 1.54) is 18.4 Å². The SMILES string of the molecule is CS(=O)(=O)N1CC(C(=O)N2CCN(c3ccccc3)CC2)C2(CCCCC2)C1. The zero-order chi connectivity index (χ0) is 19.8. The lowest BCUT2D eigenvalue weighted by Crippen LogP contribution is -2.53. The molecule has 6 nitrogen and oxygen atoms in total. The third kappa shape index (κ3) is 3.79. The van der Waals surface area contributed by atoms with Gasteiger partial charge in [-0.25, -0.2) is 12.7 Å². The van der Waals surface area contributed by atoms with E-state index in [-0.39, 0.29) is 17.2 Å².